The number of anilines is 1. The number of esters is 1. The lowest BCUT2D eigenvalue weighted by molar-refractivity contribution is -0.154. The van der Waals surface area contributed by atoms with Crippen LogP contribution in [-0.4, -0.2) is 41.7 Å². The van der Waals surface area contributed by atoms with Gasteiger partial charge in [0.15, 0.2) is 6.61 Å². The van der Waals surface area contributed by atoms with Crippen molar-refractivity contribution in [2.24, 2.45) is 11.8 Å². The molecule has 7 nitrogen and oxygen atoms in total. The molecule has 1 aliphatic carbocycles. The minimum atomic E-state index is -0.973. The van der Waals surface area contributed by atoms with Gasteiger partial charge in [0, 0.05) is 6.07 Å². The third-order valence-corrected chi connectivity index (χ3v) is 4.46. The van der Waals surface area contributed by atoms with E-state index < -0.39 is 60.3 Å². The van der Waals surface area contributed by atoms with Gasteiger partial charge in [-0.1, -0.05) is 12.2 Å². The van der Waals surface area contributed by atoms with Crippen molar-refractivity contribution in [1.82, 2.24) is 4.90 Å². The summed E-state index contributed by atoms with van der Waals surface area (Å²) in [4.78, 5) is 48.9. The van der Waals surface area contributed by atoms with Crippen molar-refractivity contribution in [2.45, 2.75) is 12.8 Å². The number of likely N-dealkylation sites (tertiary alicyclic amines) is 1. The van der Waals surface area contributed by atoms with Gasteiger partial charge < -0.3 is 10.1 Å². The highest BCUT2D eigenvalue weighted by Gasteiger charge is 2.47. The fraction of sp³-hybridized carbons (Fsp3) is 0.333. The van der Waals surface area contributed by atoms with Gasteiger partial charge in [0.25, 0.3) is 5.91 Å². The van der Waals surface area contributed by atoms with E-state index in [4.69, 9.17) is 4.74 Å². The third kappa shape index (κ3) is 4.02. The molecule has 1 saturated heterocycles. The molecule has 9 heteroatoms. The van der Waals surface area contributed by atoms with Gasteiger partial charge in [0.1, 0.15) is 18.2 Å². The van der Waals surface area contributed by atoms with Crippen molar-refractivity contribution in [1.29, 1.82) is 0 Å². The Hall–Kier alpha value is -3.10. The van der Waals surface area contributed by atoms with Gasteiger partial charge >= 0.3 is 5.97 Å². The smallest absolute Gasteiger partial charge is 0.326 e. The van der Waals surface area contributed by atoms with Gasteiger partial charge in [-0.25, -0.2) is 8.78 Å². The summed E-state index contributed by atoms with van der Waals surface area (Å²) in [7, 11) is 0. The number of nitrogens with one attached hydrogen (secondary N) is 1. The van der Waals surface area contributed by atoms with Crippen molar-refractivity contribution in [3.05, 3.63) is 42.0 Å². The van der Waals surface area contributed by atoms with Crippen LogP contribution in [0.15, 0.2) is 30.4 Å². The quantitative estimate of drug-likeness (QED) is 0.475. The highest BCUT2D eigenvalue weighted by atomic mass is 19.1. The summed E-state index contributed by atoms with van der Waals surface area (Å²) >= 11 is 0. The largest absolute Gasteiger partial charge is 0.454 e. The number of carbonyl (C=O) groups is 4. The fourth-order valence-electron chi connectivity index (χ4n) is 3.12. The average molecular weight is 378 g/mol. The second-order valence-corrected chi connectivity index (χ2v) is 6.25. The first-order valence-electron chi connectivity index (χ1n) is 8.27. The molecule has 0 radical (unpaired) electrons. The van der Waals surface area contributed by atoms with Gasteiger partial charge in [-0.2, -0.15) is 0 Å². The molecule has 142 valence electrons. The monoisotopic (exact) mass is 378 g/mol. The standard InChI is InChI=1S/C18H16F2N2O5/c19-10-5-6-14(13(20)7-10)21-15(23)9-27-16(24)8-22-17(25)11-3-1-2-4-12(11)18(22)26/h1-2,5-7,11-12H,3-4,8-9H2,(H,21,23). The first-order chi connectivity index (χ1) is 12.9. The molecule has 1 aromatic carbocycles. The van der Waals surface area contributed by atoms with Gasteiger partial charge in [-0.3, -0.25) is 24.1 Å². The Morgan fingerprint density at radius 3 is 2.33 bits per heavy atom. The van der Waals surface area contributed by atoms with Gasteiger partial charge in [-0.15, -0.1) is 0 Å². The minimum absolute atomic E-state index is 0.265. The summed E-state index contributed by atoms with van der Waals surface area (Å²) < 4.78 is 31.0. The second kappa shape index (κ2) is 7.65. The van der Waals surface area contributed by atoms with Gasteiger partial charge in [0.2, 0.25) is 11.8 Å². The highest BCUT2D eigenvalue weighted by Crippen LogP contribution is 2.34. The van der Waals surface area contributed by atoms with Crippen molar-refractivity contribution >= 4 is 29.4 Å². The van der Waals surface area contributed by atoms with Crippen LogP contribution in [0, 0.1) is 23.5 Å². The van der Waals surface area contributed by atoms with Crippen LogP contribution in [0.2, 0.25) is 0 Å². The lowest BCUT2D eigenvalue weighted by atomic mass is 9.85. The van der Waals surface area contributed by atoms with E-state index in [9.17, 15) is 28.0 Å². The SMILES string of the molecule is O=C(COC(=O)CN1C(=O)C2CC=CCC2C1=O)Nc1ccc(F)cc1F. The Kier molecular flexibility index (Phi) is 5.29. The molecule has 0 bridgehead atoms. The van der Waals surface area contributed by atoms with E-state index in [1.165, 1.54) is 0 Å². The number of carbonyl (C=O) groups excluding carboxylic acids is 4. The lowest BCUT2D eigenvalue weighted by Gasteiger charge is -2.14. The van der Waals surface area contributed by atoms with E-state index in [2.05, 4.69) is 5.32 Å². The van der Waals surface area contributed by atoms with Crippen LogP contribution >= 0.6 is 0 Å². The molecule has 1 aliphatic heterocycles. The van der Waals surface area contributed by atoms with Crippen molar-refractivity contribution in [3.8, 4) is 0 Å². The molecule has 1 fully saturated rings. The molecule has 3 amide bonds. The number of imide groups is 1. The molecule has 0 spiro atoms. The van der Waals surface area contributed by atoms with Crippen LogP contribution in [0.5, 0.6) is 0 Å². The predicted octanol–water partition coefficient (Wildman–Crippen LogP) is 1.40. The first kappa shape index (κ1) is 18.7. The summed E-state index contributed by atoms with van der Waals surface area (Å²) in [6, 6.07) is 2.59. The van der Waals surface area contributed by atoms with Crippen LogP contribution in [0.4, 0.5) is 14.5 Å². The molecule has 27 heavy (non-hydrogen) atoms. The Morgan fingerprint density at radius 1 is 1.11 bits per heavy atom. The van der Waals surface area contributed by atoms with Crippen LogP contribution in [0.25, 0.3) is 0 Å². The van der Waals surface area contributed by atoms with Crippen LogP contribution < -0.4 is 5.32 Å². The normalized spacial score (nSPS) is 21.2. The molecule has 2 unspecified atom stereocenters. The van der Waals surface area contributed by atoms with E-state index >= 15 is 0 Å². The maximum atomic E-state index is 13.5. The summed E-state index contributed by atoms with van der Waals surface area (Å²) in [6.07, 6.45) is 4.55. The van der Waals surface area contributed by atoms with Crippen molar-refractivity contribution in [3.63, 3.8) is 0 Å². The number of halogens is 2. The molecular weight excluding hydrogens is 362 g/mol. The van der Waals surface area contributed by atoms with E-state index in [1.54, 1.807) is 0 Å². The topological polar surface area (TPSA) is 92.8 Å². The average Bonchev–Trinajstić information content (AvgIpc) is 2.88. The first-order valence-corrected chi connectivity index (χ1v) is 8.27. The molecule has 1 heterocycles. The van der Waals surface area contributed by atoms with E-state index in [1.807, 2.05) is 12.2 Å². The molecule has 1 N–H and O–H groups in total. The highest BCUT2D eigenvalue weighted by molar-refractivity contribution is 6.07. The zero-order valence-electron chi connectivity index (χ0n) is 14.1. The molecular formula is C18H16F2N2O5. The second-order valence-electron chi connectivity index (χ2n) is 6.25. The van der Waals surface area contributed by atoms with Crippen LogP contribution in [-0.2, 0) is 23.9 Å². The van der Waals surface area contributed by atoms with Gasteiger partial charge in [0.05, 0.1) is 17.5 Å². The number of allylic oxidation sites excluding steroid dienone is 2. The van der Waals surface area contributed by atoms with Crippen LogP contribution in [0.3, 0.4) is 0 Å². The predicted molar refractivity (Wildman–Crippen MR) is 88.0 cm³/mol. The Morgan fingerprint density at radius 2 is 1.74 bits per heavy atom. The Bertz CT molecular complexity index is 813. The summed E-state index contributed by atoms with van der Waals surface area (Å²) in [5, 5.41) is 2.13. The van der Waals surface area contributed by atoms with Crippen molar-refractivity contribution in [2.75, 3.05) is 18.5 Å². The molecule has 0 saturated carbocycles. The molecule has 3 rings (SSSR count). The number of hydrogen-bond acceptors (Lipinski definition) is 5. The number of amides is 3. The number of benzene rings is 1. The zero-order chi connectivity index (χ0) is 19.6. The number of fused-ring (bicyclic) bond motifs is 1. The fourth-order valence-corrected chi connectivity index (χ4v) is 3.12. The molecule has 1 aromatic rings. The number of rotatable bonds is 5. The van der Waals surface area contributed by atoms with Crippen molar-refractivity contribution < 1.29 is 32.7 Å². The van der Waals surface area contributed by atoms with E-state index in [-0.39, 0.29) is 5.69 Å². The number of hydrogen-bond donors (Lipinski definition) is 1. The number of ether oxygens (including phenoxy) is 1. The maximum absolute atomic E-state index is 13.5. The Balaban J connectivity index is 1.50. The lowest BCUT2D eigenvalue weighted by Crippen LogP contribution is -2.37. The number of nitrogens with zero attached hydrogens (tertiary/aromatic N) is 1. The van der Waals surface area contributed by atoms with E-state index in [0.29, 0.717) is 18.9 Å². The van der Waals surface area contributed by atoms with Crippen LogP contribution in [0.1, 0.15) is 12.8 Å². The Labute approximate surface area is 153 Å². The molecule has 2 atom stereocenters. The minimum Gasteiger partial charge on any atom is -0.454 e. The summed E-state index contributed by atoms with van der Waals surface area (Å²) in [5.74, 6) is -5.32. The zero-order valence-corrected chi connectivity index (χ0v) is 14.1. The van der Waals surface area contributed by atoms with E-state index in [0.717, 1.165) is 17.0 Å². The molecule has 2 aliphatic rings. The van der Waals surface area contributed by atoms with Gasteiger partial charge in [-0.05, 0) is 25.0 Å². The summed E-state index contributed by atoms with van der Waals surface area (Å²) in [6.45, 7) is -1.32. The summed E-state index contributed by atoms with van der Waals surface area (Å²) in [5.41, 5.74) is -0.265. The third-order valence-electron chi connectivity index (χ3n) is 4.46. The molecule has 0 aromatic heterocycles. The maximum Gasteiger partial charge on any atom is 0.326 e.